The summed E-state index contributed by atoms with van der Waals surface area (Å²) in [6.45, 7) is 9.40. The molecule has 1 aromatic heterocycles. The minimum atomic E-state index is 1.23. The maximum absolute atomic E-state index is 2.63. The molecule has 1 heterocycles. The van der Waals surface area contributed by atoms with Gasteiger partial charge in [-0.1, -0.05) is 175 Å². The van der Waals surface area contributed by atoms with Crippen LogP contribution in [0, 0.1) is 0 Å². The first-order valence-corrected chi connectivity index (χ1v) is 18.9. The molecule has 0 N–H and O–H groups in total. The molecule has 0 amide bonds. The van der Waals surface area contributed by atoms with Crippen LogP contribution in [0.2, 0.25) is 0 Å². The van der Waals surface area contributed by atoms with Gasteiger partial charge in [-0.3, -0.25) is 0 Å². The number of imidazole rings is 1. The molecule has 40 heavy (non-hydrogen) atoms. The summed E-state index contributed by atoms with van der Waals surface area (Å²) in [7, 11) is 0. The van der Waals surface area contributed by atoms with Crippen molar-refractivity contribution in [2.75, 3.05) is 0 Å². The fraction of sp³-hybridized carbons (Fsp3) is 0.921. The highest BCUT2D eigenvalue weighted by atomic mass is 15.1. The molecule has 0 atom stereocenters. The molecular weight excluding hydrogens is 484 g/mol. The molecule has 0 saturated heterocycles. The summed E-state index contributed by atoms with van der Waals surface area (Å²) in [5.41, 5.74) is 0. The molecule has 0 saturated carbocycles. The molecule has 0 aliphatic heterocycles. The summed E-state index contributed by atoms with van der Waals surface area (Å²) in [6, 6.07) is 0. The first-order valence-electron chi connectivity index (χ1n) is 18.9. The van der Waals surface area contributed by atoms with Gasteiger partial charge in [0.05, 0.1) is 13.1 Å². The van der Waals surface area contributed by atoms with Crippen molar-refractivity contribution >= 4 is 0 Å². The number of unbranched alkanes of at least 4 members (excludes halogenated alkanes) is 26. The van der Waals surface area contributed by atoms with Gasteiger partial charge in [-0.25, -0.2) is 9.13 Å². The fourth-order valence-corrected chi connectivity index (χ4v) is 6.33. The summed E-state index contributed by atoms with van der Waals surface area (Å²) >= 11 is 0. The third-order valence-electron chi connectivity index (χ3n) is 9.10. The number of nitrogens with zero attached hydrogens (tertiary/aromatic N) is 2. The Labute approximate surface area is 253 Å². The van der Waals surface area contributed by atoms with Crippen LogP contribution in [0.1, 0.15) is 213 Å². The van der Waals surface area contributed by atoms with Gasteiger partial charge in [-0.05, 0) is 32.1 Å². The van der Waals surface area contributed by atoms with Gasteiger partial charge >= 0.3 is 0 Å². The predicted octanol–water partition coefficient (Wildman–Crippen LogP) is 12.7. The Kier molecular flexibility index (Phi) is 27.6. The first-order chi connectivity index (χ1) is 19.8. The lowest BCUT2D eigenvalue weighted by Crippen LogP contribution is -2.37. The number of aryl methyl sites for hydroxylation is 2. The van der Waals surface area contributed by atoms with Gasteiger partial charge in [0, 0.05) is 6.42 Å². The summed E-state index contributed by atoms with van der Waals surface area (Å²) in [5.74, 6) is 1.62. The number of hydrogen-bond donors (Lipinski definition) is 0. The van der Waals surface area contributed by atoms with Crippen molar-refractivity contribution in [3.63, 3.8) is 0 Å². The second-order valence-electron chi connectivity index (χ2n) is 13.0. The Balaban J connectivity index is 2.33. The molecule has 2 nitrogen and oxygen atoms in total. The molecule has 1 aromatic rings. The van der Waals surface area contributed by atoms with E-state index in [0.717, 1.165) is 0 Å². The monoisotopic (exact) mass is 560 g/mol. The standard InChI is InChI=1S/C38H75N2/c1-4-7-10-13-16-19-21-24-27-30-33-38-39(34-31-28-25-22-18-15-12-9-6-3)36-37-40(38)35-32-29-26-23-20-17-14-11-8-5-2/h36-37H,4-35H2,1-3H3/q+1. The Hall–Kier alpha value is -0.790. The molecule has 0 unspecified atom stereocenters. The van der Waals surface area contributed by atoms with Crippen LogP contribution in [0.15, 0.2) is 12.4 Å². The second-order valence-corrected chi connectivity index (χ2v) is 13.0. The maximum atomic E-state index is 2.63. The maximum Gasteiger partial charge on any atom is 0.256 e. The van der Waals surface area contributed by atoms with E-state index in [-0.39, 0.29) is 0 Å². The van der Waals surface area contributed by atoms with Crippen molar-refractivity contribution in [3.8, 4) is 0 Å². The number of rotatable bonds is 32. The van der Waals surface area contributed by atoms with Crippen molar-refractivity contribution in [3.05, 3.63) is 18.2 Å². The van der Waals surface area contributed by atoms with E-state index in [9.17, 15) is 0 Å². The average Bonchev–Trinajstić information content (AvgIpc) is 3.35. The van der Waals surface area contributed by atoms with E-state index in [4.69, 9.17) is 0 Å². The largest absolute Gasteiger partial charge is 0.256 e. The molecule has 0 radical (unpaired) electrons. The van der Waals surface area contributed by atoms with Gasteiger partial charge in [0.15, 0.2) is 0 Å². The summed E-state index contributed by atoms with van der Waals surface area (Å²) in [4.78, 5) is 0. The highest BCUT2D eigenvalue weighted by Gasteiger charge is 2.16. The third kappa shape index (κ3) is 21.9. The van der Waals surface area contributed by atoms with Gasteiger partial charge in [0.25, 0.3) is 5.82 Å². The van der Waals surface area contributed by atoms with Crippen LogP contribution in [-0.4, -0.2) is 4.57 Å². The highest BCUT2D eigenvalue weighted by molar-refractivity contribution is 4.84. The van der Waals surface area contributed by atoms with E-state index in [1.165, 1.54) is 206 Å². The lowest BCUT2D eigenvalue weighted by molar-refractivity contribution is -0.704. The van der Waals surface area contributed by atoms with Gasteiger partial charge in [-0.15, -0.1) is 0 Å². The molecule has 0 fully saturated rings. The molecule has 1 rings (SSSR count). The fourth-order valence-electron chi connectivity index (χ4n) is 6.33. The Morgan fingerprint density at radius 1 is 0.425 bits per heavy atom. The highest BCUT2D eigenvalue weighted by Crippen LogP contribution is 2.15. The Bertz CT molecular complexity index is 619. The lowest BCUT2D eigenvalue weighted by Gasteiger charge is -2.07. The zero-order valence-electron chi connectivity index (χ0n) is 28.2. The number of hydrogen-bond acceptors (Lipinski definition) is 0. The van der Waals surface area contributed by atoms with Crippen molar-refractivity contribution in [1.82, 2.24) is 4.57 Å². The van der Waals surface area contributed by atoms with Crippen LogP contribution >= 0.6 is 0 Å². The van der Waals surface area contributed by atoms with E-state index in [2.05, 4.69) is 42.3 Å². The van der Waals surface area contributed by atoms with E-state index in [1.807, 2.05) is 0 Å². The van der Waals surface area contributed by atoms with E-state index < -0.39 is 0 Å². The Morgan fingerprint density at radius 3 is 1.20 bits per heavy atom. The lowest BCUT2D eigenvalue weighted by atomic mass is 10.1. The van der Waals surface area contributed by atoms with E-state index >= 15 is 0 Å². The molecule has 0 aromatic carbocycles. The van der Waals surface area contributed by atoms with Gasteiger partial charge < -0.3 is 0 Å². The first kappa shape index (κ1) is 37.2. The van der Waals surface area contributed by atoms with Crippen molar-refractivity contribution in [2.45, 2.75) is 226 Å². The van der Waals surface area contributed by atoms with Crippen molar-refractivity contribution in [2.24, 2.45) is 0 Å². The van der Waals surface area contributed by atoms with Crippen molar-refractivity contribution in [1.29, 1.82) is 0 Å². The quantitative estimate of drug-likeness (QED) is 0.0613. The second kappa shape index (κ2) is 29.7. The minimum absolute atomic E-state index is 1.23. The molecule has 0 aliphatic carbocycles. The summed E-state index contributed by atoms with van der Waals surface area (Å²) in [6.07, 6.45) is 47.4. The Morgan fingerprint density at radius 2 is 0.775 bits per heavy atom. The van der Waals surface area contributed by atoms with E-state index in [1.54, 1.807) is 5.82 Å². The predicted molar refractivity (Wildman–Crippen MR) is 179 cm³/mol. The van der Waals surface area contributed by atoms with Crippen LogP contribution in [0.4, 0.5) is 0 Å². The molecule has 0 bridgehead atoms. The van der Waals surface area contributed by atoms with Crippen LogP contribution in [0.5, 0.6) is 0 Å². The topological polar surface area (TPSA) is 8.81 Å². The zero-order valence-corrected chi connectivity index (χ0v) is 28.2. The number of aromatic nitrogens is 2. The molecule has 0 spiro atoms. The van der Waals surface area contributed by atoms with Crippen LogP contribution < -0.4 is 4.57 Å². The van der Waals surface area contributed by atoms with Crippen LogP contribution in [0.25, 0.3) is 0 Å². The van der Waals surface area contributed by atoms with Gasteiger partial charge in [0.2, 0.25) is 0 Å². The van der Waals surface area contributed by atoms with Crippen molar-refractivity contribution < 1.29 is 4.57 Å². The minimum Gasteiger partial charge on any atom is -0.234 e. The molecule has 2 heteroatoms. The molecule has 0 aliphatic rings. The van der Waals surface area contributed by atoms with Gasteiger partial charge in [-0.2, -0.15) is 0 Å². The summed E-state index contributed by atoms with van der Waals surface area (Å²) in [5, 5.41) is 0. The third-order valence-corrected chi connectivity index (χ3v) is 9.10. The summed E-state index contributed by atoms with van der Waals surface area (Å²) < 4.78 is 5.26. The van der Waals surface area contributed by atoms with Crippen LogP contribution in [-0.2, 0) is 19.5 Å². The SMILES string of the molecule is CCCCCCCCCCCCc1n(CCCCCCCCCCC)cc[n+]1CCCCCCCCCCCC. The van der Waals surface area contributed by atoms with Crippen LogP contribution in [0.3, 0.4) is 0 Å². The normalized spacial score (nSPS) is 11.6. The molecular formula is C38H75N2+. The zero-order chi connectivity index (χ0) is 28.8. The smallest absolute Gasteiger partial charge is 0.234 e. The van der Waals surface area contributed by atoms with E-state index in [0.29, 0.717) is 0 Å². The van der Waals surface area contributed by atoms with Gasteiger partial charge in [0.1, 0.15) is 12.4 Å². The average molecular weight is 560 g/mol. The molecule has 236 valence electrons.